The zero-order chi connectivity index (χ0) is 26.6. The maximum Gasteiger partial charge on any atom is 0.276 e. The van der Waals surface area contributed by atoms with Crippen LogP contribution in [-0.4, -0.2) is 30.0 Å². The van der Waals surface area contributed by atoms with Crippen LogP contribution >= 0.6 is 0 Å². The van der Waals surface area contributed by atoms with Gasteiger partial charge in [0.15, 0.2) is 5.69 Å². The van der Waals surface area contributed by atoms with Gasteiger partial charge in [-0.15, -0.1) is 0 Å². The number of anilines is 2. The van der Waals surface area contributed by atoms with Crippen LogP contribution < -0.4 is 10.2 Å². The molecule has 2 aromatic heterocycles. The first-order chi connectivity index (χ1) is 17.7. The Morgan fingerprint density at radius 1 is 1.00 bits per heavy atom. The van der Waals surface area contributed by atoms with Crippen molar-refractivity contribution in [2.45, 2.75) is 45.9 Å². The van der Waals surface area contributed by atoms with Crippen molar-refractivity contribution in [3.63, 3.8) is 0 Å². The van der Waals surface area contributed by atoms with Gasteiger partial charge >= 0.3 is 0 Å². The first kappa shape index (κ1) is 26.1. The molecule has 0 aliphatic rings. The number of rotatable bonds is 9. The zero-order valence-corrected chi connectivity index (χ0v) is 22.2. The van der Waals surface area contributed by atoms with Crippen molar-refractivity contribution in [2.75, 3.05) is 16.0 Å². The van der Waals surface area contributed by atoms with Crippen LogP contribution in [0.5, 0.6) is 0 Å². The van der Waals surface area contributed by atoms with E-state index in [-0.39, 0.29) is 16.6 Å². The summed E-state index contributed by atoms with van der Waals surface area (Å²) in [6.07, 6.45) is 2.99. The average Bonchev–Trinajstić information content (AvgIpc) is 3.40. The number of nitrogens with zero attached hydrogens (tertiary/aromatic N) is 3. The van der Waals surface area contributed by atoms with Gasteiger partial charge in [0.2, 0.25) is 15.0 Å². The van der Waals surface area contributed by atoms with Gasteiger partial charge in [0.1, 0.15) is 5.76 Å². The number of carbonyl (C=O) groups excluding carboxylic acids is 1. The van der Waals surface area contributed by atoms with Crippen LogP contribution in [0, 0.1) is 20.8 Å². The van der Waals surface area contributed by atoms with Gasteiger partial charge < -0.3 is 14.6 Å². The average molecular weight is 519 g/mol. The molecule has 8 nitrogen and oxygen atoms in total. The SMILES string of the molecule is CCS(=O)(=O)c1ncc(N(Cc2ccc(C)cc2)Cc2ccco2)c(C(=O)Nc2ccc(C)c(C)c2)n1. The smallest absolute Gasteiger partial charge is 0.276 e. The highest BCUT2D eigenvalue weighted by molar-refractivity contribution is 7.91. The third-order valence-corrected chi connectivity index (χ3v) is 7.66. The molecule has 1 amide bonds. The molecule has 0 aliphatic carbocycles. The standard InChI is InChI=1S/C28H30N4O4S/c1-5-37(34,35)28-29-16-25(26(31-28)27(33)30-23-13-10-20(3)21(4)15-23)32(18-24-7-6-14-36-24)17-22-11-8-19(2)9-12-22/h6-16H,5,17-18H2,1-4H3,(H,30,33). The second kappa shape index (κ2) is 11.0. The molecule has 4 rings (SSSR count). The Balaban J connectivity index is 1.79. The van der Waals surface area contributed by atoms with E-state index in [1.807, 2.05) is 68.1 Å². The normalized spacial score (nSPS) is 11.4. The fourth-order valence-corrected chi connectivity index (χ4v) is 4.48. The van der Waals surface area contributed by atoms with Crippen molar-refractivity contribution < 1.29 is 17.6 Å². The summed E-state index contributed by atoms with van der Waals surface area (Å²) in [4.78, 5) is 23.9. The molecule has 192 valence electrons. The van der Waals surface area contributed by atoms with Gasteiger partial charge in [-0.3, -0.25) is 4.79 Å². The van der Waals surface area contributed by atoms with E-state index in [1.165, 1.54) is 13.1 Å². The van der Waals surface area contributed by atoms with Crippen LogP contribution in [0.1, 0.15) is 45.4 Å². The minimum atomic E-state index is -3.73. The second-order valence-corrected chi connectivity index (χ2v) is 11.1. The number of aryl methyl sites for hydroxylation is 3. The first-order valence-electron chi connectivity index (χ1n) is 12.0. The molecule has 0 fully saturated rings. The minimum absolute atomic E-state index is 0.0288. The lowest BCUT2D eigenvalue weighted by atomic mass is 10.1. The number of hydrogen-bond acceptors (Lipinski definition) is 7. The quantitative estimate of drug-likeness (QED) is 0.302. The summed E-state index contributed by atoms with van der Waals surface area (Å²) >= 11 is 0. The highest BCUT2D eigenvalue weighted by Crippen LogP contribution is 2.26. The second-order valence-electron chi connectivity index (χ2n) is 8.96. The van der Waals surface area contributed by atoms with Crippen molar-refractivity contribution in [3.05, 3.63) is 101 Å². The highest BCUT2D eigenvalue weighted by Gasteiger charge is 2.25. The molecule has 4 aromatic rings. The predicted molar refractivity (Wildman–Crippen MR) is 143 cm³/mol. The van der Waals surface area contributed by atoms with Crippen LogP contribution in [0.15, 0.2) is 76.6 Å². The molecule has 1 N–H and O–H groups in total. The lowest BCUT2D eigenvalue weighted by Crippen LogP contribution is -2.27. The fourth-order valence-electron chi connectivity index (χ4n) is 3.78. The maximum absolute atomic E-state index is 13.6. The lowest BCUT2D eigenvalue weighted by Gasteiger charge is -2.25. The monoisotopic (exact) mass is 518 g/mol. The largest absolute Gasteiger partial charge is 0.467 e. The fraction of sp³-hybridized carbons (Fsp3) is 0.250. The molecule has 0 radical (unpaired) electrons. The van der Waals surface area contributed by atoms with Crippen LogP contribution in [0.3, 0.4) is 0 Å². The Morgan fingerprint density at radius 3 is 2.41 bits per heavy atom. The summed E-state index contributed by atoms with van der Waals surface area (Å²) in [5.74, 6) is -0.0243. The number of carbonyl (C=O) groups is 1. The van der Waals surface area contributed by atoms with Crippen LogP contribution in [0.25, 0.3) is 0 Å². The molecule has 0 aliphatic heterocycles. The lowest BCUT2D eigenvalue weighted by molar-refractivity contribution is 0.102. The number of amides is 1. The highest BCUT2D eigenvalue weighted by atomic mass is 32.2. The molecule has 0 unspecified atom stereocenters. The number of sulfone groups is 1. The number of nitrogens with one attached hydrogen (secondary N) is 1. The Kier molecular flexibility index (Phi) is 7.73. The van der Waals surface area contributed by atoms with Crippen molar-refractivity contribution in [3.8, 4) is 0 Å². The summed E-state index contributed by atoms with van der Waals surface area (Å²) in [5, 5.41) is 2.50. The minimum Gasteiger partial charge on any atom is -0.467 e. The topological polar surface area (TPSA) is 105 Å². The number of aromatic nitrogens is 2. The van der Waals surface area contributed by atoms with Gasteiger partial charge in [-0.05, 0) is 61.7 Å². The van der Waals surface area contributed by atoms with Crippen molar-refractivity contribution in [1.82, 2.24) is 9.97 Å². The number of hydrogen-bond donors (Lipinski definition) is 1. The molecule has 0 spiro atoms. The van der Waals surface area contributed by atoms with Crippen LogP contribution in [-0.2, 0) is 22.9 Å². The van der Waals surface area contributed by atoms with E-state index in [4.69, 9.17) is 4.42 Å². The Morgan fingerprint density at radius 2 is 1.76 bits per heavy atom. The molecule has 37 heavy (non-hydrogen) atoms. The third-order valence-electron chi connectivity index (χ3n) is 6.15. The molecule has 0 saturated heterocycles. The zero-order valence-electron chi connectivity index (χ0n) is 21.4. The maximum atomic E-state index is 13.6. The molecule has 0 saturated carbocycles. The summed E-state index contributed by atoms with van der Waals surface area (Å²) in [6, 6.07) is 17.3. The van der Waals surface area contributed by atoms with E-state index >= 15 is 0 Å². The van der Waals surface area contributed by atoms with Crippen molar-refractivity contribution in [1.29, 1.82) is 0 Å². The molecule has 2 heterocycles. The molecule has 0 atom stereocenters. The van der Waals surface area contributed by atoms with Crippen molar-refractivity contribution in [2.24, 2.45) is 0 Å². The molecule has 0 bridgehead atoms. The van der Waals surface area contributed by atoms with Gasteiger partial charge in [-0.1, -0.05) is 42.8 Å². The molecular formula is C28H30N4O4S. The first-order valence-corrected chi connectivity index (χ1v) is 13.6. The summed E-state index contributed by atoms with van der Waals surface area (Å²) in [6.45, 7) is 8.23. The van der Waals surface area contributed by atoms with Crippen molar-refractivity contribution >= 4 is 27.1 Å². The van der Waals surface area contributed by atoms with Crippen LogP contribution in [0.4, 0.5) is 11.4 Å². The Hall–Kier alpha value is -3.98. The van der Waals surface area contributed by atoms with Gasteiger partial charge in [0.25, 0.3) is 5.91 Å². The van der Waals surface area contributed by atoms with E-state index in [2.05, 4.69) is 15.3 Å². The summed E-state index contributed by atoms with van der Waals surface area (Å²) < 4.78 is 30.8. The van der Waals surface area contributed by atoms with E-state index in [9.17, 15) is 13.2 Å². The Bertz CT molecular complexity index is 1500. The summed E-state index contributed by atoms with van der Waals surface area (Å²) in [7, 11) is -3.73. The van der Waals surface area contributed by atoms with Gasteiger partial charge in [0, 0.05) is 12.2 Å². The molecule has 9 heteroatoms. The summed E-state index contributed by atoms with van der Waals surface area (Å²) in [5.41, 5.74) is 5.21. The Labute approximate surface area is 217 Å². The third kappa shape index (κ3) is 6.24. The van der Waals surface area contributed by atoms with E-state index in [1.54, 1.807) is 18.4 Å². The van der Waals surface area contributed by atoms with Crippen LogP contribution in [0.2, 0.25) is 0 Å². The van der Waals surface area contributed by atoms with Gasteiger partial charge in [-0.25, -0.2) is 18.4 Å². The molecule has 2 aromatic carbocycles. The number of furan rings is 1. The predicted octanol–water partition coefficient (Wildman–Crippen LogP) is 5.25. The van der Waals surface area contributed by atoms with E-state index < -0.39 is 15.7 Å². The van der Waals surface area contributed by atoms with E-state index in [0.717, 1.165) is 22.3 Å². The van der Waals surface area contributed by atoms with Gasteiger partial charge in [0.05, 0.1) is 30.4 Å². The molecular weight excluding hydrogens is 488 g/mol. The van der Waals surface area contributed by atoms with Gasteiger partial charge in [-0.2, -0.15) is 0 Å². The van der Waals surface area contributed by atoms with E-state index in [0.29, 0.717) is 30.2 Å². The number of benzene rings is 2.